The van der Waals surface area contributed by atoms with Crippen molar-refractivity contribution in [2.45, 2.75) is 19.3 Å². The lowest BCUT2D eigenvalue weighted by atomic mass is 9.82. The summed E-state index contributed by atoms with van der Waals surface area (Å²) in [5.74, 6) is 0. The van der Waals surface area contributed by atoms with Crippen LogP contribution in [0.25, 0.3) is 44.2 Å². The smallest absolute Gasteiger partial charge is 0.137 e. The maximum absolute atomic E-state index is 6.79. The minimum atomic E-state index is -0.0773. The van der Waals surface area contributed by atoms with Crippen LogP contribution in [-0.2, 0) is 5.41 Å². The highest BCUT2D eigenvalue weighted by atomic mass is 35.5. The monoisotopic (exact) mass is 485 g/mol. The van der Waals surface area contributed by atoms with Gasteiger partial charge in [-0.05, 0) is 69.8 Å². The van der Waals surface area contributed by atoms with Gasteiger partial charge in [0, 0.05) is 27.9 Å². The average molecular weight is 486 g/mol. The number of rotatable bonds is 3. The van der Waals surface area contributed by atoms with Gasteiger partial charge in [0.25, 0.3) is 0 Å². The lowest BCUT2D eigenvalue weighted by Gasteiger charge is -2.22. The first-order chi connectivity index (χ1) is 17.5. The highest BCUT2D eigenvalue weighted by Gasteiger charge is 2.35. The second-order valence-electron chi connectivity index (χ2n) is 10.1. The Hall–Kier alpha value is -4.01. The van der Waals surface area contributed by atoms with Gasteiger partial charge in [0.2, 0.25) is 0 Å². The van der Waals surface area contributed by atoms with Crippen molar-refractivity contribution in [3.8, 4) is 22.3 Å². The van der Waals surface area contributed by atoms with E-state index >= 15 is 0 Å². The molecular formula is C33H24ClNO. The molecule has 0 atom stereocenters. The standard InChI is InChI=1S/C33H24ClNO/c1-33(2)27-11-7-6-10-23(27)26-18-29(34)30(19-28(26)33)35-22-13-15-25-24-14-12-21(20-8-4-3-5-9-20)16-31(24)36-32(25)17-22/h3-19,35H,1-2H3. The van der Waals surface area contributed by atoms with Crippen LogP contribution in [0.1, 0.15) is 25.0 Å². The molecule has 0 aliphatic heterocycles. The van der Waals surface area contributed by atoms with Crippen molar-refractivity contribution in [3.63, 3.8) is 0 Å². The van der Waals surface area contributed by atoms with Crippen molar-refractivity contribution >= 4 is 44.9 Å². The van der Waals surface area contributed by atoms with E-state index in [1.54, 1.807) is 0 Å². The number of fused-ring (bicyclic) bond motifs is 6. The zero-order valence-corrected chi connectivity index (χ0v) is 20.9. The predicted molar refractivity (Wildman–Crippen MR) is 151 cm³/mol. The molecule has 7 rings (SSSR count). The molecule has 0 spiro atoms. The molecule has 0 fully saturated rings. The van der Waals surface area contributed by atoms with E-state index in [2.05, 4.69) is 116 Å². The van der Waals surface area contributed by atoms with Gasteiger partial charge in [0.15, 0.2) is 0 Å². The Kier molecular flexibility index (Phi) is 4.58. The summed E-state index contributed by atoms with van der Waals surface area (Å²) in [6, 6.07) is 36.0. The number of hydrogen-bond acceptors (Lipinski definition) is 2. The van der Waals surface area contributed by atoms with Gasteiger partial charge in [-0.2, -0.15) is 0 Å². The molecule has 2 nitrogen and oxygen atoms in total. The molecule has 1 N–H and O–H groups in total. The van der Waals surface area contributed by atoms with Crippen LogP contribution in [0.5, 0.6) is 0 Å². The molecule has 3 heteroatoms. The molecule has 0 amide bonds. The van der Waals surface area contributed by atoms with E-state index < -0.39 is 0 Å². The molecule has 6 aromatic rings. The fourth-order valence-electron chi connectivity index (χ4n) is 5.64. The van der Waals surface area contributed by atoms with Crippen molar-refractivity contribution < 1.29 is 4.42 Å². The van der Waals surface area contributed by atoms with Crippen molar-refractivity contribution in [1.29, 1.82) is 0 Å². The summed E-state index contributed by atoms with van der Waals surface area (Å²) in [4.78, 5) is 0. The molecule has 36 heavy (non-hydrogen) atoms. The van der Waals surface area contributed by atoms with E-state index in [4.69, 9.17) is 16.0 Å². The van der Waals surface area contributed by atoms with Gasteiger partial charge in [-0.1, -0.05) is 86.1 Å². The molecule has 1 aliphatic rings. The van der Waals surface area contributed by atoms with Gasteiger partial charge < -0.3 is 9.73 Å². The highest BCUT2D eigenvalue weighted by Crippen LogP contribution is 2.51. The molecule has 0 radical (unpaired) electrons. The lowest BCUT2D eigenvalue weighted by molar-refractivity contribution is 0.660. The maximum Gasteiger partial charge on any atom is 0.137 e. The third kappa shape index (κ3) is 3.18. The van der Waals surface area contributed by atoms with Crippen LogP contribution >= 0.6 is 11.6 Å². The van der Waals surface area contributed by atoms with Crippen molar-refractivity contribution in [2.24, 2.45) is 0 Å². The lowest BCUT2D eigenvalue weighted by Crippen LogP contribution is -2.15. The SMILES string of the molecule is CC1(C)c2ccccc2-c2cc(Cl)c(Nc3ccc4c(c3)oc3cc(-c5ccccc5)ccc34)cc21. The van der Waals surface area contributed by atoms with Gasteiger partial charge in [-0.15, -0.1) is 0 Å². The summed E-state index contributed by atoms with van der Waals surface area (Å²) in [5.41, 5.74) is 10.9. The summed E-state index contributed by atoms with van der Waals surface area (Å²) in [7, 11) is 0. The molecule has 174 valence electrons. The number of halogens is 1. The maximum atomic E-state index is 6.79. The highest BCUT2D eigenvalue weighted by molar-refractivity contribution is 6.33. The molecule has 5 aromatic carbocycles. The molecule has 0 saturated carbocycles. The van der Waals surface area contributed by atoms with E-state index in [-0.39, 0.29) is 5.41 Å². The zero-order chi connectivity index (χ0) is 24.4. The van der Waals surface area contributed by atoms with Gasteiger partial charge in [0.05, 0.1) is 10.7 Å². The van der Waals surface area contributed by atoms with E-state index in [0.717, 1.165) is 38.9 Å². The topological polar surface area (TPSA) is 25.2 Å². The normalized spacial score (nSPS) is 13.6. The molecule has 0 unspecified atom stereocenters. The fraction of sp³-hybridized carbons (Fsp3) is 0.0909. The summed E-state index contributed by atoms with van der Waals surface area (Å²) in [5, 5.41) is 6.48. The van der Waals surface area contributed by atoms with Gasteiger partial charge in [0.1, 0.15) is 11.2 Å². The van der Waals surface area contributed by atoms with E-state index in [9.17, 15) is 0 Å². The van der Waals surface area contributed by atoms with Crippen LogP contribution in [0, 0.1) is 0 Å². The minimum absolute atomic E-state index is 0.0773. The van der Waals surface area contributed by atoms with Crippen molar-refractivity contribution in [1.82, 2.24) is 0 Å². The number of nitrogens with one attached hydrogen (secondary N) is 1. The second kappa shape index (κ2) is 7.74. The van der Waals surface area contributed by atoms with Crippen LogP contribution in [0.3, 0.4) is 0 Å². The molecule has 0 bridgehead atoms. The summed E-state index contributed by atoms with van der Waals surface area (Å²) in [6.45, 7) is 4.55. The zero-order valence-electron chi connectivity index (χ0n) is 20.1. The summed E-state index contributed by atoms with van der Waals surface area (Å²) < 4.78 is 6.30. The van der Waals surface area contributed by atoms with Crippen LogP contribution < -0.4 is 5.32 Å². The average Bonchev–Trinajstić information content (AvgIpc) is 3.36. The van der Waals surface area contributed by atoms with E-state index in [0.29, 0.717) is 5.02 Å². The molecular weight excluding hydrogens is 462 g/mol. The fourth-order valence-corrected chi connectivity index (χ4v) is 5.85. The van der Waals surface area contributed by atoms with Crippen LogP contribution in [0.4, 0.5) is 11.4 Å². The third-order valence-electron chi connectivity index (χ3n) is 7.53. The largest absolute Gasteiger partial charge is 0.456 e. The van der Waals surface area contributed by atoms with Gasteiger partial charge in [-0.3, -0.25) is 0 Å². The predicted octanol–water partition coefficient (Wildman–Crippen LogP) is 9.96. The van der Waals surface area contributed by atoms with Crippen molar-refractivity contribution in [2.75, 3.05) is 5.32 Å². The van der Waals surface area contributed by atoms with Crippen LogP contribution in [0.15, 0.2) is 108 Å². The molecule has 1 aromatic heterocycles. The number of benzene rings is 5. The Bertz CT molecular complexity index is 1800. The first kappa shape index (κ1) is 21.3. The molecule has 1 heterocycles. The number of anilines is 2. The Balaban J connectivity index is 1.27. The molecule has 0 saturated heterocycles. The summed E-state index contributed by atoms with van der Waals surface area (Å²) >= 11 is 6.79. The first-order valence-electron chi connectivity index (χ1n) is 12.2. The second-order valence-corrected chi connectivity index (χ2v) is 10.5. The van der Waals surface area contributed by atoms with Gasteiger partial charge in [-0.25, -0.2) is 0 Å². The summed E-state index contributed by atoms with van der Waals surface area (Å²) in [6.07, 6.45) is 0. The Morgan fingerprint density at radius 3 is 2.19 bits per heavy atom. The third-order valence-corrected chi connectivity index (χ3v) is 7.84. The van der Waals surface area contributed by atoms with Crippen LogP contribution in [-0.4, -0.2) is 0 Å². The Morgan fingerprint density at radius 2 is 1.36 bits per heavy atom. The Morgan fingerprint density at radius 1 is 0.639 bits per heavy atom. The van der Waals surface area contributed by atoms with Crippen molar-refractivity contribution in [3.05, 3.63) is 119 Å². The minimum Gasteiger partial charge on any atom is -0.456 e. The van der Waals surface area contributed by atoms with E-state index in [1.165, 1.54) is 27.8 Å². The van der Waals surface area contributed by atoms with E-state index in [1.807, 2.05) is 6.07 Å². The van der Waals surface area contributed by atoms with Crippen LogP contribution in [0.2, 0.25) is 5.02 Å². The Labute approximate surface area is 215 Å². The molecule has 1 aliphatic carbocycles. The quantitative estimate of drug-likeness (QED) is 0.269. The first-order valence-corrected chi connectivity index (χ1v) is 12.6. The number of furan rings is 1. The van der Waals surface area contributed by atoms with Gasteiger partial charge >= 0.3 is 0 Å². The number of hydrogen-bond donors (Lipinski definition) is 1.